The third-order valence-corrected chi connectivity index (χ3v) is 8.71. The summed E-state index contributed by atoms with van der Waals surface area (Å²) in [5.74, 6) is 0. The van der Waals surface area contributed by atoms with Gasteiger partial charge in [0.05, 0.1) is 24.5 Å². The average Bonchev–Trinajstić information content (AvgIpc) is 3.06. The van der Waals surface area contributed by atoms with Gasteiger partial charge in [-0.25, -0.2) is 42.1 Å². The van der Waals surface area contributed by atoms with E-state index in [-0.39, 0.29) is 64.9 Å². The summed E-state index contributed by atoms with van der Waals surface area (Å²) in [6.07, 6.45) is 12.1. The summed E-state index contributed by atoms with van der Waals surface area (Å²) in [4.78, 5) is 15.9. The van der Waals surface area contributed by atoms with Crippen LogP contribution in [0.2, 0.25) is 0 Å². The van der Waals surface area contributed by atoms with Crippen LogP contribution in [0.25, 0.3) is 0 Å². The molecule has 0 unspecified atom stereocenters. The van der Waals surface area contributed by atoms with Gasteiger partial charge >= 0.3 is 40.4 Å². The van der Waals surface area contributed by atoms with Crippen molar-refractivity contribution in [1.82, 2.24) is 24.9 Å². The predicted molar refractivity (Wildman–Crippen MR) is 173 cm³/mol. The van der Waals surface area contributed by atoms with Gasteiger partial charge in [0, 0.05) is 62.0 Å². The van der Waals surface area contributed by atoms with Crippen molar-refractivity contribution in [2.24, 2.45) is 0 Å². The van der Waals surface area contributed by atoms with E-state index >= 15 is 0 Å². The second-order valence-corrected chi connectivity index (χ2v) is 15.1. The molecule has 0 N–H and O–H groups in total. The molecule has 52 heavy (non-hydrogen) atoms. The number of hydrogen-bond donors (Lipinski definition) is 0. The summed E-state index contributed by atoms with van der Waals surface area (Å²) >= 11 is 0. The van der Waals surface area contributed by atoms with Crippen molar-refractivity contribution in [2.75, 3.05) is 0 Å². The third-order valence-electron chi connectivity index (χ3n) is 4.62. The van der Waals surface area contributed by atoms with Crippen LogP contribution < -0.4 is 0 Å². The maximum Gasteiger partial charge on any atom is 3.00 e. The molecule has 0 spiro atoms. The van der Waals surface area contributed by atoms with Crippen LogP contribution in [0.3, 0.4) is 0 Å². The Morgan fingerprint density at radius 1 is 0.327 bits per heavy atom. The zero-order valence-electron chi connectivity index (χ0n) is 25.7. The minimum atomic E-state index is -4.32. The zero-order chi connectivity index (χ0) is 38.1. The summed E-state index contributed by atoms with van der Waals surface area (Å²) in [5, 5.41) is 0. The Kier molecular flexibility index (Phi) is 22.7. The number of rotatable bonds is 5. The average molecular weight is 842 g/mol. The summed E-state index contributed by atoms with van der Waals surface area (Å²) < 4.78 is 154. The Morgan fingerprint density at radius 2 is 0.462 bits per heavy atom. The van der Waals surface area contributed by atoms with Crippen molar-refractivity contribution >= 4 is 91.0 Å². The maximum absolute atomic E-state index is 10.2. The quantitative estimate of drug-likeness (QED) is 0.154. The molecule has 5 rings (SSSR count). The Balaban J connectivity index is 0. The van der Waals surface area contributed by atoms with Crippen molar-refractivity contribution in [3.8, 4) is 0 Å². The molecule has 5 aromatic heterocycles. The third kappa shape index (κ3) is 21.8. The summed E-state index contributed by atoms with van der Waals surface area (Å²) in [6, 6.07) is 13.0. The van der Waals surface area contributed by atoms with Crippen LogP contribution in [0.4, 0.5) is 0 Å². The molecule has 20 nitrogen and oxygen atoms in total. The Bertz CT molecular complexity index is 1930. The Labute approximate surface area is 325 Å². The molecular formula is C25H20AlMgN5O15S5. The van der Waals surface area contributed by atoms with E-state index in [1.54, 1.807) is 0 Å². The molecule has 0 fully saturated rings. The first-order valence-electron chi connectivity index (χ1n) is 12.3. The van der Waals surface area contributed by atoms with Crippen molar-refractivity contribution < 1.29 is 64.9 Å². The first-order chi connectivity index (χ1) is 23.0. The molecule has 0 aliphatic rings. The standard InChI is InChI=1S/5C5H5NO3S.Al.Mg/c5*7-10(8,9)5-2-1-3-6-4-5;;/h5*1-4H,(H,7,8,9);;/q;;;;;+3;+2/p-5. The number of aromatic nitrogens is 5. The van der Waals surface area contributed by atoms with E-state index in [0.29, 0.717) is 0 Å². The predicted octanol–water partition coefficient (Wildman–Crippen LogP) is -0.833. The molecule has 270 valence electrons. The minimum Gasteiger partial charge on any atom is -0.744 e. The van der Waals surface area contributed by atoms with E-state index in [4.69, 9.17) is 0 Å². The molecule has 0 aliphatic heterocycles. The molecular weight excluding hydrogens is 822 g/mol. The largest absolute Gasteiger partial charge is 3.00 e. The van der Waals surface area contributed by atoms with Crippen molar-refractivity contribution in [1.29, 1.82) is 0 Å². The second kappa shape index (κ2) is 23.3. The van der Waals surface area contributed by atoms with E-state index in [1.807, 2.05) is 0 Å². The SMILES string of the molecule is O=S(=O)([O-])c1cccnc1.O=S(=O)([O-])c1cccnc1.O=S(=O)([O-])c1cccnc1.O=S(=O)([O-])c1cccnc1.O=S(=O)([O-])c1cccnc1.[Al+3].[Mg+2]. The monoisotopic (exact) mass is 841 g/mol. The van der Waals surface area contributed by atoms with E-state index in [9.17, 15) is 64.9 Å². The van der Waals surface area contributed by atoms with Crippen molar-refractivity contribution in [2.45, 2.75) is 24.5 Å². The Morgan fingerprint density at radius 3 is 0.519 bits per heavy atom. The van der Waals surface area contributed by atoms with Gasteiger partial charge in [0.2, 0.25) is 0 Å². The van der Waals surface area contributed by atoms with Gasteiger partial charge in [-0.15, -0.1) is 0 Å². The minimum absolute atomic E-state index is 0. The van der Waals surface area contributed by atoms with Gasteiger partial charge in [-0.3, -0.25) is 24.9 Å². The second-order valence-electron chi connectivity index (χ2n) is 8.21. The maximum atomic E-state index is 10.2. The molecule has 0 aromatic carbocycles. The van der Waals surface area contributed by atoms with Crippen molar-refractivity contribution in [3.63, 3.8) is 0 Å². The van der Waals surface area contributed by atoms with Crippen LogP contribution in [0.1, 0.15) is 0 Å². The van der Waals surface area contributed by atoms with Crippen LogP contribution in [0, 0.1) is 0 Å². The van der Waals surface area contributed by atoms with Gasteiger partial charge in [0.25, 0.3) is 0 Å². The van der Waals surface area contributed by atoms with E-state index in [1.165, 1.54) is 91.6 Å². The Hall–Kier alpha value is -3.40. The van der Waals surface area contributed by atoms with Crippen LogP contribution in [0.15, 0.2) is 147 Å². The van der Waals surface area contributed by atoms with E-state index in [0.717, 1.165) is 31.0 Å². The number of pyridine rings is 5. The molecule has 0 amide bonds. The fourth-order valence-electron chi connectivity index (χ4n) is 2.47. The molecule has 5 aromatic rings. The van der Waals surface area contributed by atoms with Crippen LogP contribution in [-0.4, -0.2) is 130 Å². The summed E-state index contributed by atoms with van der Waals surface area (Å²) in [6.45, 7) is 0. The zero-order valence-corrected chi connectivity index (χ0v) is 32.4. The molecule has 27 heteroatoms. The van der Waals surface area contributed by atoms with Crippen LogP contribution in [-0.2, 0) is 50.6 Å². The van der Waals surface area contributed by atoms with Crippen LogP contribution >= 0.6 is 0 Å². The smallest absolute Gasteiger partial charge is 0.744 e. The molecule has 0 aliphatic carbocycles. The fraction of sp³-hybridized carbons (Fsp3) is 0. The fourth-order valence-corrected chi connectivity index (χ4v) is 4.65. The van der Waals surface area contributed by atoms with Gasteiger partial charge in [0.15, 0.2) is 0 Å². The molecule has 0 atom stereocenters. The summed E-state index contributed by atoms with van der Waals surface area (Å²) in [5.41, 5.74) is 0. The topological polar surface area (TPSA) is 350 Å². The molecule has 0 bridgehead atoms. The number of nitrogens with zero attached hydrogens (tertiary/aromatic N) is 5. The molecule has 0 saturated heterocycles. The molecule has 0 radical (unpaired) electrons. The van der Waals surface area contributed by atoms with Gasteiger partial charge in [-0.05, 0) is 60.7 Å². The normalized spacial score (nSPS) is 10.9. The number of hydrogen-bond acceptors (Lipinski definition) is 20. The van der Waals surface area contributed by atoms with Gasteiger partial charge in [-0.2, -0.15) is 0 Å². The molecule has 5 heterocycles. The van der Waals surface area contributed by atoms with Crippen molar-refractivity contribution in [3.05, 3.63) is 123 Å². The first kappa shape index (κ1) is 50.7. The van der Waals surface area contributed by atoms with Gasteiger partial charge in [-0.1, -0.05) is 0 Å². The van der Waals surface area contributed by atoms with Crippen LogP contribution in [0.5, 0.6) is 0 Å². The van der Waals surface area contributed by atoms with E-state index < -0.39 is 50.6 Å². The van der Waals surface area contributed by atoms with Gasteiger partial charge < -0.3 is 22.8 Å². The molecule has 0 saturated carbocycles. The summed E-state index contributed by atoms with van der Waals surface area (Å²) in [7, 11) is -21.6. The van der Waals surface area contributed by atoms with Gasteiger partial charge in [0.1, 0.15) is 50.6 Å². The first-order valence-corrected chi connectivity index (χ1v) is 19.4. The van der Waals surface area contributed by atoms with E-state index in [2.05, 4.69) is 24.9 Å².